The molecule has 100 valence electrons. The van der Waals surface area contributed by atoms with Gasteiger partial charge in [-0.2, -0.15) is 0 Å². The highest BCUT2D eigenvalue weighted by molar-refractivity contribution is 5.73. The van der Waals surface area contributed by atoms with Gasteiger partial charge in [-0.25, -0.2) is 4.68 Å². The van der Waals surface area contributed by atoms with Crippen molar-refractivity contribution < 1.29 is 9.90 Å². The number of tetrazole rings is 1. The van der Waals surface area contributed by atoms with Crippen LogP contribution < -0.4 is 0 Å². The topological polar surface area (TPSA) is 93.8 Å². The minimum absolute atomic E-state index is 0.227. The van der Waals surface area contributed by atoms with E-state index in [-0.39, 0.29) is 6.54 Å². The molecular formula is C12H15N5O2. The first-order chi connectivity index (χ1) is 8.99. The molecule has 0 aliphatic rings. The highest BCUT2D eigenvalue weighted by Gasteiger charge is 2.29. The lowest BCUT2D eigenvalue weighted by Gasteiger charge is -2.19. The molecule has 0 fully saturated rings. The van der Waals surface area contributed by atoms with Crippen LogP contribution in [0.4, 0.5) is 0 Å². The Morgan fingerprint density at radius 2 is 2.26 bits per heavy atom. The van der Waals surface area contributed by atoms with E-state index < -0.39 is 11.4 Å². The number of rotatable bonds is 5. The lowest BCUT2D eigenvalue weighted by Crippen LogP contribution is -2.30. The van der Waals surface area contributed by atoms with Crippen molar-refractivity contribution in [1.82, 2.24) is 25.2 Å². The molecule has 0 aromatic carbocycles. The van der Waals surface area contributed by atoms with E-state index in [4.69, 9.17) is 5.11 Å². The molecule has 0 saturated carbocycles. The minimum atomic E-state index is -0.918. The highest BCUT2D eigenvalue weighted by Crippen LogP contribution is 2.18. The van der Waals surface area contributed by atoms with Crippen LogP contribution in [0.25, 0.3) is 0 Å². The fourth-order valence-electron chi connectivity index (χ4n) is 1.60. The Morgan fingerprint density at radius 1 is 1.47 bits per heavy atom. The number of aromatic nitrogens is 5. The molecule has 0 atom stereocenters. The van der Waals surface area contributed by atoms with Gasteiger partial charge in [0.15, 0.2) is 5.82 Å². The molecule has 0 amide bonds. The maximum absolute atomic E-state index is 11.1. The molecule has 2 heterocycles. The van der Waals surface area contributed by atoms with Crippen molar-refractivity contribution in [3.63, 3.8) is 0 Å². The molecule has 2 aromatic rings. The Bertz CT molecular complexity index is 565. The van der Waals surface area contributed by atoms with E-state index in [0.717, 1.165) is 5.56 Å². The Labute approximate surface area is 110 Å². The van der Waals surface area contributed by atoms with Gasteiger partial charge >= 0.3 is 5.97 Å². The van der Waals surface area contributed by atoms with Gasteiger partial charge in [-0.1, -0.05) is 6.07 Å². The summed E-state index contributed by atoms with van der Waals surface area (Å²) < 4.78 is 1.53. The van der Waals surface area contributed by atoms with Crippen molar-refractivity contribution in [1.29, 1.82) is 0 Å². The van der Waals surface area contributed by atoms with E-state index in [1.165, 1.54) is 4.68 Å². The second-order valence-corrected chi connectivity index (χ2v) is 4.98. The Hall–Kier alpha value is -2.31. The molecule has 0 aliphatic heterocycles. The van der Waals surface area contributed by atoms with Gasteiger partial charge in [0.1, 0.15) is 0 Å². The summed E-state index contributed by atoms with van der Waals surface area (Å²) in [7, 11) is 0. The number of carboxylic acids is 1. The third-order valence-electron chi connectivity index (χ3n) is 2.82. The summed E-state index contributed by atoms with van der Waals surface area (Å²) in [6.07, 6.45) is 3.96. The van der Waals surface area contributed by atoms with Crippen molar-refractivity contribution in [2.45, 2.75) is 26.8 Å². The lowest BCUT2D eigenvalue weighted by atomic mass is 9.94. The number of hydrogen-bond acceptors (Lipinski definition) is 5. The van der Waals surface area contributed by atoms with Gasteiger partial charge in [0, 0.05) is 18.8 Å². The normalized spacial score (nSPS) is 11.5. The minimum Gasteiger partial charge on any atom is -0.481 e. The highest BCUT2D eigenvalue weighted by atomic mass is 16.4. The van der Waals surface area contributed by atoms with E-state index in [9.17, 15) is 4.79 Å². The quantitative estimate of drug-likeness (QED) is 0.854. The van der Waals surface area contributed by atoms with E-state index in [1.807, 2.05) is 12.1 Å². The molecule has 0 radical (unpaired) electrons. The van der Waals surface area contributed by atoms with Gasteiger partial charge in [0.2, 0.25) is 0 Å². The van der Waals surface area contributed by atoms with Crippen LogP contribution in [-0.4, -0.2) is 36.3 Å². The van der Waals surface area contributed by atoms with Crippen LogP contribution in [0.1, 0.15) is 25.2 Å². The Morgan fingerprint density at radius 3 is 2.89 bits per heavy atom. The fraction of sp³-hybridized carbons (Fsp3) is 0.417. The molecule has 19 heavy (non-hydrogen) atoms. The summed E-state index contributed by atoms with van der Waals surface area (Å²) in [4.78, 5) is 15.2. The van der Waals surface area contributed by atoms with Gasteiger partial charge in [0.05, 0.1) is 12.0 Å². The molecule has 7 heteroatoms. The largest absolute Gasteiger partial charge is 0.481 e. The first-order valence-corrected chi connectivity index (χ1v) is 5.86. The first kappa shape index (κ1) is 13.1. The molecule has 2 rings (SSSR count). The molecule has 0 saturated heterocycles. The van der Waals surface area contributed by atoms with Gasteiger partial charge < -0.3 is 5.11 Å². The number of nitrogens with zero attached hydrogens (tertiary/aromatic N) is 5. The molecule has 0 bridgehead atoms. The number of hydrogen-bond donors (Lipinski definition) is 1. The smallest absolute Gasteiger partial charge is 0.310 e. The maximum Gasteiger partial charge on any atom is 0.310 e. The van der Waals surface area contributed by atoms with Crippen molar-refractivity contribution in [3.05, 3.63) is 35.9 Å². The van der Waals surface area contributed by atoms with Gasteiger partial charge in [-0.05, 0) is 35.9 Å². The predicted octanol–water partition coefficient (Wildman–Crippen LogP) is 0.770. The van der Waals surface area contributed by atoms with Crippen molar-refractivity contribution >= 4 is 5.97 Å². The summed E-state index contributed by atoms with van der Waals surface area (Å²) >= 11 is 0. The Balaban J connectivity index is 2.17. The summed E-state index contributed by atoms with van der Waals surface area (Å²) in [6, 6.07) is 3.76. The van der Waals surface area contributed by atoms with Crippen LogP contribution in [0, 0.1) is 5.41 Å². The zero-order valence-electron chi connectivity index (χ0n) is 10.8. The second-order valence-electron chi connectivity index (χ2n) is 4.98. The van der Waals surface area contributed by atoms with E-state index in [2.05, 4.69) is 20.5 Å². The predicted molar refractivity (Wildman–Crippen MR) is 66.3 cm³/mol. The molecule has 2 aromatic heterocycles. The lowest BCUT2D eigenvalue weighted by molar-refractivity contribution is -0.147. The maximum atomic E-state index is 11.1. The molecule has 1 N–H and O–H groups in total. The molecule has 7 nitrogen and oxygen atoms in total. The SMILES string of the molecule is CC(C)(Cn1nnnc1Cc1cccnc1)C(=O)O. The summed E-state index contributed by atoms with van der Waals surface area (Å²) in [5, 5.41) is 20.5. The molecular weight excluding hydrogens is 246 g/mol. The number of carboxylic acid groups (broad SMARTS) is 1. The third-order valence-corrected chi connectivity index (χ3v) is 2.82. The van der Waals surface area contributed by atoms with Crippen LogP contribution >= 0.6 is 0 Å². The second kappa shape index (κ2) is 5.13. The zero-order chi connectivity index (χ0) is 13.9. The summed E-state index contributed by atoms with van der Waals surface area (Å²) in [5.41, 5.74) is 0.0608. The van der Waals surface area contributed by atoms with E-state index in [1.54, 1.807) is 26.2 Å². The number of pyridine rings is 1. The Kier molecular flexibility index (Phi) is 3.55. The van der Waals surface area contributed by atoms with Crippen molar-refractivity contribution in [3.8, 4) is 0 Å². The standard InChI is InChI=1S/C12H15N5O2/c1-12(2,11(18)19)8-17-10(14-15-16-17)6-9-4-3-5-13-7-9/h3-5,7H,6,8H2,1-2H3,(H,18,19). The summed E-state index contributed by atoms with van der Waals surface area (Å²) in [6.45, 7) is 3.51. The zero-order valence-corrected chi connectivity index (χ0v) is 10.8. The number of carbonyl (C=O) groups is 1. The van der Waals surface area contributed by atoms with Gasteiger partial charge in [0.25, 0.3) is 0 Å². The van der Waals surface area contributed by atoms with E-state index >= 15 is 0 Å². The van der Waals surface area contributed by atoms with Gasteiger partial charge in [-0.15, -0.1) is 5.10 Å². The van der Waals surface area contributed by atoms with Crippen LogP contribution in [0.5, 0.6) is 0 Å². The van der Waals surface area contributed by atoms with E-state index in [0.29, 0.717) is 12.2 Å². The van der Waals surface area contributed by atoms with Crippen molar-refractivity contribution in [2.75, 3.05) is 0 Å². The summed E-state index contributed by atoms with van der Waals surface area (Å²) in [5.74, 6) is -0.252. The molecule has 0 unspecified atom stereocenters. The van der Waals surface area contributed by atoms with Crippen LogP contribution in [0.15, 0.2) is 24.5 Å². The fourth-order valence-corrected chi connectivity index (χ4v) is 1.60. The number of aliphatic carboxylic acids is 1. The molecule has 0 aliphatic carbocycles. The average molecular weight is 261 g/mol. The average Bonchev–Trinajstić information content (AvgIpc) is 2.77. The van der Waals surface area contributed by atoms with Crippen LogP contribution in [0.3, 0.4) is 0 Å². The monoisotopic (exact) mass is 261 g/mol. The van der Waals surface area contributed by atoms with Gasteiger partial charge in [-0.3, -0.25) is 9.78 Å². The van der Waals surface area contributed by atoms with Crippen molar-refractivity contribution in [2.24, 2.45) is 5.41 Å². The third kappa shape index (κ3) is 3.12. The van der Waals surface area contributed by atoms with Crippen LogP contribution in [0.2, 0.25) is 0 Å². The first-order valence-electron chi connectivity index (χ1n) is 5.86. The van der Waals surface area contributed by atoms with Crippen LogP contribution in [-0.2, 0) is 17.8 Å². The molecule has 0 spiro atoms.